The molecule has 0 aliphatic heterocycles. The van der Waals surface area contributed by atoms with Crippen molar-refractivity contribution in [1.29, 1.82) is 0 Å². The summed E-state index contributed by atoms with van der Waals surface area (Å²) in [5.41, 5.74) is 5.51. The van der Waals surface area contributed by atoms with Crippen molar-refractivity contribution in [3.05, 3.63) is 54.3 Å². The molecule has 0 bridgehead atoms. The van der Waals surface area contributed by atoms with Gasteiger partial charge in [0.1, 0.15) is 5.75 Å². The Balaban J connectivity index is 2.29. The third kappa shape index (κ3) is 2.07. The van der Waals surface area contributed by atoms with Gasteiger partial charge in [-0.2, -0.15) is 0 Å². The monoisotopic (exact) mass is 203 g/mol. The number of anilines is 1. The Labute approximate surface area is 87.1 Å². The average molecular weight is 203 g/mol. The molecule has 0 atom stereocenters. The molecule has 0 aromatic heterocycles. The van der Waals surface area contributed by atoms with Crippen LogP contribution < -0.4 is 10.5 Å². The Bertz CT molecular complexity index is 456. The number of nitrogens with two attached hydrogens (primary N) is 1. The Morgan fingerprint density at radius 1 is 0.933 bits per heavy atom. The van der Waals surface area contributed by atoms with Gasteiger partial charge >= 0.3 is 0 Å². The highest BCUT2D eigenvalue weighted by atomic mass is 19.1. The first-order valence-electron chi connectivity index (χ1n) is 4.54. The van der Waals surface area contributed by atoms with Crippen molar-refractivity contribution in [1.82, 2.24) is 0 Å². The van der Waals surface area contributed by atoms with Crippen LogP contribution in [0.1, 0.15) is 0 Å². The number of para-hydroxylation sites is 1. The van der Waals surface area contributed by atoms with E-state index in [2.05, 4.69) is 0 Å². The van der Waals surface area contributed by atoms with Crippen molar-refractivity contribution < 1.29 is 9.13 Å². The predicted molar refractivity (Wildman–Crippen MR) is 57.3 cm³/mol. The van der Waals surface area contributed by atoms with E-state index in [1.165, 1.54) is 6.07 Å². The number of hydrogen-bond donors (Lipinski definition) is 1. The lowest BCUT2D eigenvalue weighted by Gasteiger charge is -2.07. The number of nitrogen functional groups attached to an aromatic ring is 1. The summed E-state index contributed by atoms with van der Waals surface area (Å²) in [5.74, 6) is 0.199. The van der Waals surface area contributed by atoms with Crippen LogP contribution in [0.4, 0.5) is 10.1 Å². The first kappa shape index (κ1) is 9.52. The largest absolute Gasteiger partial charge is 0.454 e. The van der Waals surface area contributed by atoms with Gasteiger partial charge in [-0.15, -0.1) is 0 Å². The van der Waals surface area contributed by atoms with Gasteiger partial charge in [-0.25, -0.2) is 4.39 Å². The molecule has 2 aromatic carbocycles. The van der Waals surface area contributed by atoms with Crippen LogP contribution in [-0.4, -0.2) is 0 Å². The molecule has 15 heavy (non-hydrogen) atoms. The fourth-order valence-electron chi connectivity index (χ4n) is 1.22. The molecule has 0 saturated carbocycles. The molecular formula is C12H10FNO. The Morgan fingerprint density at radius 3 is 2.40 bits per heavy atom. The lowest BCUT2D eigenvalue weighted by molar-refractivity contribution is 0.444. The van der Waals surface area contributed by atoms with Crippen molar-refractivity contribution in [3.8, 4) is 11.5 Å². The van der Waals surface area contributed by atoms with E-state index in [4.69, 9.17) is 10.5 Å². The lowest BCUT2D eigenvalue weighted by atomic mass is 10.3. The highest BCUT2D eigenvalue weighted by Crippen LogP contribution is 2.26. The molecule has 76 valence electrons. The maximum atomic E-state index is 13.4. The van der Waals surface area contributed by atoms with Crippen LogP contribution >= 0.6 is 0 Å². The Kier molecular flexibility index (Phi) is 2.54. The molecule has 0 unspecified atom stereocenters. The number of benzene rings is 2. The van der Waals surface area contributed by atoms with Crippen LogP contribution in [0.15, 0.2) is 48.5 Å². The lowest BCUT2D eigenvalue weighted by Crippen LogP contribution is -1.93. The Hall–Kier alpha value is -2.03. The summed E-state index contributed by atoms with van der Waals surface area (Å²) < 4.78 is 18.8. The molecular weight excluding hydrogens is 193 g/mol. The summed E-state index contributed by atoms with van der Waals surface area (Å²) in [5, 5.41) is 0. The van der Waals surface area contributed by atoms with E-state index in [0.29, 0.717) is 5.75 Å². The second-order valence-corrected chi connectivity index (χ2v) is 3.07. The van der Waals surface area contributed by atoms with Crippen molar-refractivity contribution in [2.45, 2.75) is 0 Å². The van der Waals surface area contributed by atoms with Gasteiger partial charge < -0.3 is 10.5 Å². The molecule has 3 heteroatoms. The number of halogens is 1. The van der Waals surface area contributed by atoms with E-state index in [1.807, 2.05) is 18.2 Å². The summed E-state index contributed by atoms with van der Waals surface area (Å²) in [4.78, 5) is 0. The third-order valence-corrected chi connectivity index (χ3v) is 1.96. The van der Waals surface area contributed by atoms with Crippen molar-refractivity contribution in [3.63, 3.8) is 0 Å². The van der Waals surface area contributed by atoms with Gasteiger partial charge in [0.05, 0.1) is 5.69 Å². The fraction of sp³-hybridized carbons (Fsp3) is 0. The Morgan fingerprint density at radius 2 is 1.67 bits per heavy atom. The van der Waals surface area contributed by atoms with E-state index in [9.17, 15) is 4.39 Å². The number of hydrogen-bond acceptors (Lipinski definition) is 2. The highest BCUT2D eigenvalue weighted by Gasteiger charge is 2.06. The van der Waals surface area contributed by atoms with Crippen molar-refractivity contribution >= 4 is 5.69 Å². The first-order chi connectivity index (χ1) is 7.27. The molecule has 0 aliphatic rings. The molecule has 0 fully saturated rings. The van der Waals surface area contributed by atoms with E-state index < -0.39 is 5.82 Å². The zero-order chi connectivity index (χ0) is 10.7. The van der Waals surface area contributed by atoms with Crippen LogP contribution in [0, 0.1) is 5.82 Å². The topological polar surface area (TPSA) is 35.2 Å². The fourth-order valence-corrected chi connectivity index (χ4v) is 1.22. The minimum atomic E-state index is -0.527. The van der Waals surface area contributed by atoms with Crippen LogP contribution in [0.25, 0.3) is 0 Å². The van der Waals surface area contributed by atoms with Crippen LogP contribution in [0.2, 0.25) is 0 Å². The second-order valence-electron chi connectivity index (χ2n) is 3.07. The van der Waals surface area contributed by atoms with Gasteiger partial charge in [-0.05, 0) is 24.3 Å². The van der Waals surface area contributed by atoms with E-state index in [1.54, 1.807) is 24.3 Å². The van der Waals surface area contributed by atoms with Crippen molar-refractivity contribution in [2.24, 2.45) is 0 Å². The summed E-state index contributed by atoms with van der Waals surface area (Å²) in [6.07, 6.45) is 0. The molecule has 0 heterocycles. The maximum Gasteiger partial charge on any atom is 0.188 e. The van der Waals surface area contributed by atoms with E-state index in [-0.39, 0.29) is 11.4 Å². The zero-order valence-corrected chi connectivity index (χ0v) is 7.98. The van der Waals surface area contributed by atoms with Crippen LogP contribution in [0.3, 0.4) is 0 Å². The van der Waals surface area contributed by atoms with Gasteiger partial charge in [-0.3, -0.25) is 0 Å². The average Bonchev–Trinajstić information content (AvgIpc) is 2.26. The molecule has 2 aromatic rings. The maximum absolute atomic E-state index is 13.4. The quantitative estimate of drug-likeness (QED) is 0.760. The van der Waals surface area contributed by atoms with Gasteiger partial charge in [0.2, 0.25) is 0 Å². The van der Waals surface area contributed by atoms with E-state index >= 15 is 0 Å². The summed E-state index contributed by atoms with van der Waals surface area (Å²) in [6.45, 7) is 0. The van der Waals surface area contributed by atoms with Gasteiger partial charge in [0.25, 0.3) is 0 Å². The normalized spacial score (nSPS) is 9.93. The SMILES string of the molecule is Nc1cccc(Oc2ccccc2)c1F. The van der Waals surface area contributed by atoms with Gasteiger partial charge in [0.15, 0.2) is 11.6 Å². The second kappa shape index (κ2) is 4.00. The highest BCUT2D eigenvalue weighted by molar-refractivity contribution is 5.47. The van der Waals surface area contributed by atoms with Crippen LogP contribution in [0.5, 0.6) is 11.5 Å². The minimum absolute atomic E-state index is 0.0865. The number of rotatable bonds is 2. The van der Waals surface area contributed by atoms with Crippen molar-refractivity contribution in [2.75, 3.05) is 5.73 Å². The van der Waals surface area contributed by atoms with Gasteiger partial charge in [0, 0.05) is 0 Å². The minimum Gasteiger partial charge on any atom is -0.454 e. The van der Waals surface area contributed by atoms with Crippen LogP contribution in [-0.2, 0) is 0 Å². The third-order valence-electron chi connectivity index (χ3n) is 1.96. The molecule has 0 spiro atoms. The number of ether oxygens (including phenoxy) is 1. The molecule has 2 N–H and O–H groups in total. The summed E-state index contributed by atoms with van der Waals surface area (Å²) >= 11 is 0. The first-order valence-corrected chi connectivity index (χ1v) is 4.54. The molecule has 2 rings (SSSR count). The van der Waals surface area contributed by atoms with E-state index in [0.717, 1.165) is 0 Å². The summed E-state index contributed by atoms with van der Waals surface area (Å²) in [6, 6.07) is 13.7. The molecule has 0 aliphatic carbocycles. The summed E-state index contributed by atoms with van der Waals surface area (Å²) in [7, 11) is 0. The molecule has 0 saturated heterocycles. The predicted octanol–water partition coefficient (Wildman–Crippen LogP) is 3.20. The molecule has 0 amide bonds. The molecule has 0 radical (unpaired) electrons. The standard InChI is InChI=1S/C12H10FNO/c13-12-10(14)7-4-8-11(12)15-9-5-2-1-3-6-9/h1-8H,14H2. The zero-order valence-electron chi connectivity index (χ0n) is 7.98. The molecule has 2 nitrogen and oxygen atoms in total. The smallest absolute Gasteiger partial charge is 0.188 e. The van der Waals surface area contributed by atoms with Gasteiger partial charge in [-0.1, -0.05) is 24.3 Å².